The van der Waals surface area contributed by atoms with Crippen LogP contribution in [-0.4, -0.2) is 25.1 Å². The van der Waals surface area contributed by atoms with Crippen LogP contribution in [0, 0.1) is 26.2 Å². The average Bonchev–Trinajstić information content (AvgIpc) is 3.21. The molecule has 2 aliphatic rings. The highest BCUT2D eigenvalue weighted by molar-refractivity contribution is 14.1. The third-order valence-corrected chi connectivity index (χ3v) is 6.74. The van der Waals surface area contributed by atoms with Crippen molar-refractivity contribution in [2.75, 3.05) is 18.5 Å². The molecule has 150 valence electrons. The van der Waals surface area contributed by atoms with Gasteiger partial charge in [-0.15, -0.1) is 0 Å². The predicted octanol–water partition coefficient (Wildman–Crippen LogP) is 4.49. The van der Waals surface area contributed by atoms with Crippen molar-refractivity contribution in [3.63, 3.8) is 0 Å². The Bertz CT molecular complexity index is 965. The molecule has 0 aliphatic carbocycles. The van der Waals surface area contributed by atoms with Gasteiger partial charge in [-0.1, -0.05) is 13.8 Å². The first-order chi connectivity index (χ1) is 13.9. The summed E-state index contributed by atoms with van der Waals surface area (Å²) in [6.07, 6.45) is 0.961. The van der Waals surface area contributed by atoms with Crippen molar-refractivity contribution in [1.82, 2.24) is 5.32 Å². The number of nitrogens with one attached hydrogen (secondary N) is 2. The Kier molecular flexibility index (Phi) is 5.54. The Morgan fingerprint density at radius 3 is 2.79 bits per heavy atom. The lowest BCUT2D eigenvalue weighted by molar-refractivity contribution is 0.0652. The Morgan fingerprint density at radius 1 is 1.31 bits per heavy atom. The quantitative estimate of drug-likeness (QED) is 0.606. The van der Waals surface area contributed by atoms with Crippen molar-refractivity contribution in [3.05, 3.63) is 62.7 Å². The topological polar surface area (TPSA) is 74.2 Å². The van der Waals surface area contributed by atoms with E-state index < -0.39 is 0 Å². The van der Waals surface area contributed by atoms with E-state index in [4.69, 9.17) is 4.74 Å². The number of carbonyl (C=O) groups excluding carboxylic acids is 1. The lowest BCUT2D eigenvalue weighted by atomic mass is 9.71. The minimum atomic E-state index is -0.179. The normalized spacial score (nSPS) is 22.8. The van der Waals surface area contributed by atoms with Gasteiger partial charge in [0.1, 0.15) is 0 Å². The summed E-state index contributed by atoms with van der Waals surface area (Å²) in [5, 5.41) is 16.0. The maximum atomic E-state index is 12.6. The molecular weight excluding hydrogens is 477 g/mol. The summed E-state index contributed by atoms with van der Waals surface area (Å²) in [7, 11) is 0. The number of hydrogen-bond acceptors (Lipinski definition) is 4. The third-order valence-electron chi connectivity index (χ3n) is 6.02. The summed E-state index contributed by atoms with van der Waals surface area (Å²) in [5.41, 5.74) is 3.24. The third kappa shape index (κ3) is 3.99. The van der Waals surface area contributed by atoms with Crippen molar-refractivity contribution in [1.29, 1.82) is 5.26 Å². The van der Waals surface area contributed by atoms with Gasteiger partial charge >= 0.3 is 0 Å². The number of hydrogen-bond donors (Lipinski definition) is 2. The van der Waals surface area contributed by atoms with Crippen molar-refractivity contribution in [2.45, 2.75) is 32.4 Å². The summed E-state index contributed by atoms with van der Waals surface area (Å²) >= 11 is 2.23. The largest absolute Gasteiger partial charge is 0.381 e. The first-order valence-electron chi connectivity index (χ1n) is 9.85. The maximum Gasteiger partial charge on any atom is 0.251 e. The van der Waals surface area contributed by atoms with Crippen molar-refractivity contribution >= 4 is 34.2 Å². The molecule has 2 aromatic carbocycles. The molecule has 2 heterocycles. The van der Waals surface area contributed by atoms with E-state index in [1.807, 2.05) is 42.5 Å². The zero-order valence-corrected chi connectivity index (χ0v) is 18.7. The Morgan fingerprint density at radius 2 is 2.07 bits per heavy atom. The van der Waals surface area contributed by atoms with Gasteiger partial charge in [0, 0.05) is 50.9 Å². The van der Waals surface area contributed by atoms with E-state index >= 15 is 0 Å². The molecule has 1 amide bonds. The molecule has 1 fully saturated rings. The monoisotopic (exact) mass is 501 g/mol. The molecule has 2 N–H and O–H groups in total. The zero-order valence-electron chi connectivity index (χ0n) is 16.5. The summed E-state index contributed by atoms with van der Waals surface area (Å²) in [6.45, 7) is 5.64. The second-order valence-electron chi connectivity index (χ2n) is 8.46. The van der Waals surface area contributed by atoms with E-state index in [1.165, 1.54) is 0 Å². The fourth-order valence-corrected chi connectivity index (χ4v) is 4.80. The molecule has 0 radical (unpaired) electrons. The Balaban J connectivity index is 1.52. The molecule has 5 nitrogen and oxygen atoms in total. The molecule has 0 aromatic heterocycles. The van der Waals surface area contributed by atoms with E-state index in [-0.39, 0.29) is 23.5 Å². The smallest absolute Gasteiger partial charge is 0.251 e. The molecule has 3 unspecified atom stereocenters. The minimum Gasteiger partial charge on any atom is -0.381 e. The molecular formula is C23H24IN3O2. The maximum absolute atomic E-state index is 12.6. The molecule has 29 heavy (non-hydrogen) atoms. The van der Waals surface area contributed by atoms with Crippen molar-refractivity contribution < 1.29 is 9.53 Å². The second-order valence-corrected chi connectivity index (χ2v) is 9.70. The zero-order chi connectivity index (χ0) is 20.6. The number of anilines is 1. The first kappa shape index (κ1) is 20.2. The number of ether oxygens (including phenoxy) is 1. The van der Waals surface area contributed by atoms with Crippen LogP contribution in [0.1, 0.15) is 47.9 Å². The molecule has 0 spiro atoms. The van der Waals surface area contributed by atoms with E-state index in [1.54, 1.807) is 0 Å². The van der Waals surface area contributed by atoms with E-state index in [0.717, 1.165) is 27.8 Å². The van der Waals surface area contributed by atoms with Gasteiger partial charge in [-0.05, 0) is 71.5 Å². The fraction of sp³-hybridized carbons (Fsp3) is 0.391. The van der Waals surface area contributed by atoms with E-state index in [9.17, 15) is 10.1 Å². The SMILES string of the molecule is CC(C)(CNC(=O)c1ccc(I)cc1)C1Nc2ccc(C#N)cc2C2OCCC21. The van der Waals surface area contributed by atoms with Gasteiger partial charge < -0.3 is 15.4 Å². The number of rotatable bonds is 4. The number of benzene rings is 2. The fourth-order valence-electron chi connectivity index (χ4n) is 4.44. The molecule has 0 bridgehead atoms. The number of carbonyl (C=O) groups is 1. The summed E-state index contributed by atoms with van der Waals surface area (Å²) in [5.74, 6) is 0.255. The van der Waals surface area contributed by atoms with Crippen molar-refractivity contribution in [2.24, 2.45) is 11.3 Å². The average molecular weight is 501 g/mol. The molecule has 2 aliphatic heterocycles. The number of fused-ring (bicyclic) bond motifs is 3. The van der Waals surface area contributed by atoms with Crippen LogP contribution in [0.5, 0.6) is 0 Å². The van der Waals surface area contributed by atoms with Crippen LogP contribution in [-0.2, 0) is 4.74 Å². The first-order valence-corrected chi connectivity index (χ1v) is 10.9. The predicted molar refractivity (Wildman–Crippen MR) is 121 cm³/mol. The summed E-state index contributed by atoms with van der Waals surface area (Å²) in [4.78, 5) is 12.6. The molecule has 2 aromatic rings. The van der Waals surface area contributed by atoms with Gasteiger partial charge in [-0.3, -0.25) is 4.79 Å². The van der Waals surface area contributed by atoms with Gasteiger partial charge in [0.25, 0.3) is 5.91 Å². The summed E-state index contributed by atoms with van der Waals surface area (Å²) in [6, 6.07) is 15.7. The van der Waals surface area contributed by atoms with Gasteiger partial charge in [0.2, 0.25) is 0 Å². The Labute approximate surface area is 185 Å². The standard InChI is InChI=1S/C23H24IN3O2/c1-23(2,13-26-22(28)15-4-6-16(24)7-5-15)21-17-9-10-29-20(17)18-11-14(12-25)3-8-19(18)27-21/h3-8,11,17,20-21,27H,9-10,13H2,1-2H3,(H,26,28). The molecule has 0 saturated carbocycles. The highest BCUT2D eigenvalue weighted by Gasteiger charge is 2.46. The lowest BCUT2D eigenvalue weighted by Gasteiger charge is -2.45. The molecule has 6 heteroatoms. The molecule has 3 atom stereocenters. The van der Waals surface area contributed by atoms with Gasteiger partial charge in [-0.25, -0.2) is 0 Å². The van der Waals surface area contributed by atoms with Crippen LogP contribution in [0.4, 0.5) is 5.69 Å². The second kappa shape index (κ2) is 7.96. The van der Waals surface area contributed by atoms with Crippen LogP contribution in [0.3, 0.4) is 0 Å². The van der Waals surface area contributed by atoms with Crippen LogP contribution >= 0.6 is 22.6 Å². The molecule has 4 rings (SSSR count). The van der Waals surface area contributed by atoms with Crippen molar-refractivity contribution in [3.8, 4) is 6.07 Å². The van der Waals surface area contributed by atoms with Crippen LogP contribution < -0.4 is 10.6 Å². The highest BCUT2D eigenvalue weighted by atomic mass is 127. The molecule has 1 saturated heterocycles. The summed E-state index contributed by atoms with van der Waals surface area (Å²) < 4.78 is 7.18. The van der Waals surface area contributed by atoms with E-state index in [2.05, 4.69) is 53.1 Å². The van der Waals surface area contributed by atoms with E-state index in [0.29, 0.717) is 23.6 Å². The number of amides is 1. The Hall–Kier alpha value is -2.11. The van der Waals surface area contributed by atoms with Gasteiger partial charge in [0.05, 0.1) is 17.7 Å². The van der Waals surface area contributed by atoms with Gasteiger partial charge in [0.15, 0.2) is 0 Å². The lowest BCUT2D eigenvalue weighted by Crippen LogP contribution is -2.51. The number of nitrogens with zero attached hydrogens (tertiary/aromatic N) is 1. The highest BCUT2D eigenvalue weighted by Crippen LogP contribution is 2.48. The number of halogens is 1. The number of nitriles is 1. The van der Waals surface area contributed by atoms with Crippen LogP contribution in [0.2, 0.25) is 0 Å². The van der Waals surface area contributed by atoms with Crippen LogP contribution in [0.15, 0.2) is 42.5 Å². The van der Waals surface area contributed by atoms with Gasteiger partial charge in [-0.2, -0.15) is 5.26 Å². The minimum absolute atomic E-state index is 0.00396. The van der Waals surface area contributed by atoms with Crippen LogP contribution in [0.25, 0.3) is 0 Å².